The van der Waals surface area contributed by atoms with Crippen LogP contribution in [0.1, 0.15) is 52.8 Å². The van der Waals surface area contributed by atoms with E-state index in [1.807, 2.05) is 0 Å². The van der Waals surface area contributed by atoms with Crippen molar-refractivity contribution in [3.05, 3.63) is 94.4 Å². The van der Waals surface area contributed by atoms with Gasteiger partial charge in [0.2, 0.25) is 5.76 Å². The summed E-state index contributed by atoms with van der Waals surface area (Å²) < 4.78 is 14.8. The van der Waals surface area contributed by atoms with Gasteiger partial charge in [-0.1, -0.05) is 24.3 Å². The maximum Gasteiger partial charge on any atom is 0.382 e. The van der Waals surface area contributed by atoms with Gasteiger partial charge in [-0.05, 0) is 41.5 Å². The summed E-state index contributed by atoms with van der Waals surface area (Å²) in [7, 11) is 0. The SMILES string of the molecule is O=Cc1ccc(COC(=O)c2ccc(C(=O)OC(=O)c3ccco3)c(CO)c2)cc1. The Kier molecular flexibility index (Phi) is 6.51. The first-order chi connectivity index (χ1) is 14.5. The molecule has 2 aromatic carbocycles. The van der Waals surface area contributed by atoms with Gasteiger partial charge in [-0.25, -0.2) is 14.4 Å². The lowest BCUT2D eigenvalue weighted by atomic mass is 10.0. The van der Waals surface area contributed by atoms with Crippen molar-refractivity contribution in [3.8, 4) is 0 Å². The second-order valence-corrected chi connectivity index (χ2v) is 6.12. The van der Waals surface area contributed by atoms with Gasteiger partial charge >= 0.3 is 17.9 Å². The van der Waals surface area contributed by atoms with Crippen LogP contribution < -0.4 is 0 Å². The molecule has 3 aromatic rings. The number of hydrogen-bond donors (Lipinski definition) is 1. The third-order valence-electron chi connectivity index (χ3n) is 4.12. The molecule has 0 unspecified atom stereocenters. The van der Waals surface area contributed by atoms with Crippen molar-refractivity contribution in [3.63, 3.8) is 0 Å². The van der Waals surface area contributed by atoms with Gasteiger partial charge in [0.15, 0.2) is 0 Å². The number of aldehydes is 1. The summed E-state index contributed by atoms with van der Waals surface area (Å²) in [6.07, 6.45) is 1.97. The number of hydrogen-bond acceptors (Lipinski definition) is 8. The summed E-state index contributed by atoms with van der Waals surface area (Å²) in [6, 6.07) is 13.2. The fourth-order valence-corrected chi connectivity index (χ4v) is 2.56. The number of aliphatic hydroxyl groups excluding tert-OH is 1. The van der Waals surface area contributed by atoms with Gasteiger partial charge in [0, 0.05) is 5.56 Å². The molecule has 3 rings (SSSR count). The first-order valence-corrected chi connectivity index (χ1v) is 8.77. The Balaban J connectivity index is 1.67. The lowest BCUT2D eigenvalue weighted by Crippen LogP contribution is -2.15. The van der Waals surface area contributed by atoms with Crippen LogP contribution in [-0.4, -0.2) is 29.3 Å². The lowest BCUT2D eigenvalue weighted by molar-refractivity contribution is 0.0370. The largest absolute Gasteiger partial charge is 0.457 e. The van der Waals surface area contributed by atoms with Crippen LogP contribution >= 0.6 is 0 Å². The molecule has 0 bridgehead atoms. The molecule has 0 amide bonds. The van der Waals surface area contributed by atoms with Gasteiger partial charge in [-0.3, -0.25) is 4.79 Å². The highest BCUT2D eigenvalue weighted by atomic mass is 16.6. The van der Waals surface area contributed by atoms with Crippen LogP contribution in [0, 0.1) is 0 Å². The molecule has 152 valence electrons. The van der Waals surface area contributed by atoms with Gasteiger partial charge in [0.05, 0.1) is 24.0 Å². The molecular weight excluding hydrogens is 392 g/mol. The van der Waals surface area contributed by atoms with Crippen molar-refractivity contribution in [1.29, 1.82) is 0 Å². The Morgan fingerprint density at radius 1 is 0.967 bits per heavy atom. The van der Waals surface area contributed by atoms with Crippen molar-refractivity contribution in [2.75, 3.05) is 0 Å². The standard InChI is InChI=1S/C22H16O8/c23-11-14-3-5-15(6-4-14)13-29-20(25)16-7-8-18(17(10-16)12-24)21(26)30-22(27)19-2-1-9-28-19/h1-11,24H,12-13H2. The van der Waals surface area contributed by atoms with E-state index in [0.29, 0.717) is 17.4 Å². The fraction of sp³-hybridized carbons (Fsp3) is 0.0909. The molecule has 0 atom stereocenters. The maximum atomic E-state index is 12.3. The average Bonchev–Trinajstić information content (AvgIpc) is 3.32. The summed E-state index contributed by atoms with van der Waals surface area (Å²) in [5.41, 5.74) is 1.33. The molecule has 1 N–H and O–H groups in total. The monoisotopic (exact) mass is 408 g/mol. The molecule has 1 aromatic heterocycles. The minimum absolute atomic E-state index is 0.0200. The molecule has 30 heavy (non-hydrogen) atoms. The molecule has 0 aliphatic heterocycles. The van der Waals surface area contributed by atoms with E-state index in [1.54, 1.807) is 24.3 Å². The number of esters is 3. The van der Waals surface area contributed by atoms with Crippen molar-refractivity contribution in [2.24, 2.45) is 0 Å². The third kappa shape index (κ3) is 4.86. The van der Waals surface area contributed by atoms with E-state index in [2.05, 4.69) is 0 Å². The summed E-state index contributed by atoms with van der Waals surface area (Å²) in [6.45, 7) is -0.582. The van der Waals surface area contributed by atoms with Crippen molar-refractivity contribution >= 4 is 24.2 Å². The second-order valence-electron chi connectivity index (χ2n) is 6.12. The molecule has 0 fully saturated rings. The zero-order valence-corrected chi connectivity index (χ0v) is 15.6. The smallest absolute Gasteiger partial charge is 0.382 e. The van der Waals surface area contributed by atoms with E-state index in [4.69, 9.17) is 13.9 Å². The summed E-state index contributed by atoms with van der Waals surface area (Å²) in [5, 5.41) is 9.56. The van der Waals surface area contributed by atoms with E-state index in [1.165, 1.54) is 36.6 Å². The van der Waals surface area contributed by atoms with E-state index < -0.39 is 24.5 Å². The number of benzene rings is 2. The van der Waals surface area contributed by atoms with Crippen LogP contribution in [-0.2, 0) is 22.7 Å². The predicted octanol–water partition coefficient (Wildman–Crippen LogP) is 2.94. The number of carbonyl (C=O) groups excluding carboxylic acids is 4. The maximum absolute atomic E-state index is 12.3. The number of carbonyl (C=O) groups is 4. The molecule has 0 aliphatic rings. The van der Waals surface area contributed by atoms with E-state index in [0.717, 1.165) is 0 Å². The molecule has 0 saturated heterocycles. The number of rotatable bonds is 7. The Hall–Kier alpha value is -4.04. The highest BCUT2D eigenvalue weighted by Crippen LogP contribution is 2.17. The summed E-state index contributed by atoms with van der Waals surface area (Å²) >= 11 is 0. The highest BCUT2D eigenvalue weighted by Gasteiger charge is 2.21. The van der Waals surface area contributed by atoms with Gasteiger partial charge in [-0.15, -0.1) is 0 Å². The fourth-order valence-electron chi connectivity index (χ4n) is 2.56. The van der Waals surface area contributed by atoms with Gasteiger partial charge in [-0.2, -0.15) is 0 Å². The number of ether oxygens (including phenoxy) is 2. The number of aliphatic hydroxyl groups is 1. The highest BCUT2D eigenvalue weighted by molar-refractivity contribution is 6.02. The number of furan rings is 1. The molecule has 0 aliphatic carbocycles. The minimum atomic E-state index is -0.990. The molecule has 0 radical (unpaired) electrons. The predicted molar refractivity (Wildman–Crippen MR) is 102 cm³/mol. The molecule has 8 heteroatoms. The van der Waals surface area contributed by atoms with Crippen LogP contribution in [0.5, 0.6) is 0 Å². The van der Waals surface area contributed by atoms with Crippen LogP contribution in [0.25, 0.3) is 0 Å². The second kappa shape index (κ2) is 9.44. The van der Waals surface area contributed by atoms with Crippen LogP contribution in [0.15, 0.2) is 65.3 Å². The Bertz CT molecular complexity index is 1070. The van der Waals surface area contributed by atoms with Crippen LogP contribution in [0.4, 0.5) is 0 Å². The van der Waals surface area contributed by atoms with E-state index in [-0.39, 0.29) is 29.1 Å². The molecule has 1 heterocycles. The Labute approximate surface area is 170 Å². The Morgan fingerprint density at radius 2 is 1.73 bits per heavy atom. The first kappa shape index (κ1) is 20.7. The zero-order valence-electron chi connectivity index (χ0n) is 15.6. The van der Waals surface area contributed by atoms with Crippen molar-refractivity contribution in [1.82, 2.24) is 0 Å². The van der Waals surface area contributed by atoms with Gasteiger partial charge in [0.1, 0.15) is 12.9 Å². The van der Waals surface area contributed by atoms with Crippen LogP contribution in [0.2, 0.25) is 0 Å². The zero-order chi connectivity index (χ0) is 21.5. The normalized spacial score (nSPS) is 10.3. The van der Waals surface area contributed by atoms with Crippen molar-refractivity contribution in [2.45, 2.75) is 13.2 Å². The topological polar surface area (TPSA) is 120 Å². The Morgan fingerprint density at radius 3 is 2.37 bits per heavy atom. The van der Waals surface area contributed by atoms with Gasteiger partial charge < -0.3 is 19.0 Å². The lowest BCUT2D eigenvalue weighted by Gasteiger charge is -2.09. The summed E-state index contributed by atoms with van der Waals surface area (Å²) in [4.78, 5) is 47.0. The molecule has 0 spiro atoms. The van der Waals surface area contributed by atoms with Crippen molar-refractivity contribution < 1.29 is 38.2 Å². The quantitative estimate of drug-likeness (QED) is 0.360. The van der Waals surface area contributed by atoms with E-state index in [9.17, 15) is 24.3 Å². The molecule has 0 saturated carbocycles. The van der Waals surface area contributed by atoms with Crippen LogP contribution in [0.3, 0.4) is 0 Å². The molecular formula is C22H16O8. The first-order valence-electron chi connectivity index (χ1n) is 8.77. The minimum Gasteiger partial charge on any atom is -0.457 e. The van der Waals surface area contributed by atoms with E-state index >= 15 is 0 Å². The average molecular weight is 408 g/mol. The third-order valence-corrected chi connectivity index (χ3v) is 4.12. The summed E-state index contributed by atoms with van der Waals surface area (Å²) in [5.74, 6) is -2.78. The van der Waals surface area contributed by atoms with Gasteiger partial charge in [0.25, 0.3) is 0 Å². The molecule has 8 nitrogen and oxygen atoms in total.